The van der Waals surface area contributed by atoms with E-state index in [4.69, 9.17) is 0 Å². The van der Waals surface area contributed by atoms with Gasteiger partial charge in [-0.25, -0.2) is 0 Å². The summed E-state index contributed by atoms with van der Waals surface area (Å²) in [5, 5.41) is 23.3. The lowest BCUT2D eigenvalue weighted by atomic mass is 10.1. The Balaban J connectivity index is 1.52. The van der Waals surface area contributed by atoms with Crippen molar-refractivity contribution in [2.75, 3.05) is 0 Å². The van der Waals surface area contributed by atoms with E-state index in [1.165, 1.54) is 23.9 Å². The third kappa shape index (κ3) is 4.35. The van der Waals surface area contributed by atoms with E-state index in [9.17, 15) is 14.9 Å². The SMILES string of the molecule is CCn1c(SCc2ccccc2C(=O)NC2CC2)nnc1-c1ccc([N+](=O)[O-])cc1. The van der Waals surface area contributed by atoms with Crippen molar-refractivity contribution in [1.82, 2.24) is 20.1 Å². The number of aromatic nitrogens is 3. The second kappa shape index (κ2) is 8.66. The Morgan fingerprint density at radius 2 is 1.93 bits per heavy atom. The molecule has 0 unspecified atom stereocenters. The van der Waals surface area contributed by atoms with Crippen molar-refractivity contribution in [2.45, 2.75) is 43.3 Å². The van der Waals surface area contributed by atoms with Crippen LogP contribution in [0.2, 0.25) is 0 Å². The molecule has 0 bridgehead atoms. The second-order valence-corrected chi connectivity index (χ2v) is 7.99. The molecule has 0 spiro atoms. The van der Waals surface area contributed by atoms with Gasteiger partial charge < -0.3 is 9.88 Å². The standard InChI is InChI=1S/C21H21N5O3S/c1-2-25-19(14-7-11-17(12-8-14)26(28)29)23-24-21(25)30-13-15-5-3-4-6-18(15)20(27)22-16-9-10-16/h3-8,11-12,16H,2,9-10,13H2,1H3,(H,22,27). The van der Waals surface area contributed by atoms with Crippen molar-refractivity contribution in [1.29, 1.82) is 0 Å². The summed E-state index contributed by atoms with van der Waals surface area (Å²) >= 11 is 1.52. The summed E-state index contributed by atoms with van der Waals surface area (Å²) in [7, 11) is 0. The zero-order valence-corrected chi connectivity index (χ0v) is 17.3. The summed E-state index contributed by atoms with van der Waals surface area (Å²) in [5.74, 6) is 1.22. The van der Waals surface area contributed by atoms with Crippen LogP contribution in [0.1, 0.15) is 35.7 Å². The molecule has 1 saturated carbocycles. The predicted octanol–water partition coefficient (Wildman–Crippen LogP) is 4.06. The number of nitrogens with one attached hydrogen (secondary N) is 1. The highest BCUT2D eigenvalue weighted by Crippen LogP contribution is 2.28. The third-order valence-corrected chi connectivity index (χ3v) is 5.92. The number of benzene rings is 2. The van der Waals surface area contributed by atoms with Crippen LogP contribution in [-0.4, -0.2) is 31.6 Å². The van der Waals surface area contributed by atoms with E-state index < -0.39 is 4.92 Å². The number of carbonyl (C=O) groups excluding carboxylic acids is 1. The average Bonchev–Trinajstić information content (AvgIpc) is 3.48. The Morgan fingerprint density at radius 1 is 1.20 bits per heavy atom. The van der Waals surface area contributed by atoms with Crippen LogP contribution in [0, 0.1) is 10.1 Å². The summed E-state index contributed by atoms with van der Waals surface area (Å²) in [6, 6.07) is 14.2. The molecule has 30 heavy (non-hydrogen) atoms. The van der Waals surface area contributed by atoms with Gasteiger partial charge in [0.25, 0.3) is 11.6 Å². The minimum Gasteiger partial charge on any atom is -0.349 e. The van der Waals surface area contributed by atoms with Crippen molar-refractivity contribution in [3.05, 3.63) is 69.8 Å². The van der Waals surface area contributed by atoms with Crippen LogP contribution in [0.3, 0.4) is 0 Å². The van der Waals surface area contributed by atoms with Crippen LogP contribution in [0.5, 0.6) is 0 Å². The number of amides is 1. The second-order valence-electron chi connectivity index (χ2n) is 7.05. The largest absolute Gasteiger partial charge is 0.349 e. The summed E-state index contributed by atoms with van der Waals surface area (Å²) in [4.78, 5) is 23.0. The Labute approximate surface area is 177 Å². The van der Waals surface area contributed by atoms with Gasteiger partial charge in [0, 0.05) is 41.6 Å². The number of hydrogen-bond acceptors (Lipinski definition) is 6. The highest BCUT2D eigenvalue weighted by atomic mass is 32.2. The molecule has 0 atom stereocenters. The van der Waals surface area contributed by atoms with Gasteiger partial charge in [0.05, 0.1) is 4.92 Å². The molecule has 1 aliphatic rings. The van der Waals surface area contributed by atoms with E-state index in [0.29, 0.717) is 29.7 Å². The van der Waals surface area contributed by atoms with Gasteiger partial charge in [-0.3, -0.25) is 14.9 Å². The van der Waals surface area contributed by atoms with Crippen LogP contribution in [0.25, 0.3) is 11.4 Å². The number of non-ortho nitro benzene ring substituents is 1. The van der Waals surface area contributed by atoms with E-state index in [1.54, 1.807) is 12.1 Å². The zero-order valence-electron chi connectivity index (χ0n) is 16.4. The Kier molecular flexibility index (Phi) is 5.80. The molecule has 3 aromatic rings. The van der Waals surface area contributed by atoms with Crippen molar-refractivity contribution in [3.63, 3.8) is 0 Å². The minimum absolute atomic E-state index is 0.0303. The monoisotopic (exact) mass is 423 g/mol. The lowest BCUT2D eigenvalue weighted by molar-refractivity contribution is -0.384. The molecule has 1 heterocycles. The Morgan fingerprint density at radius 3 is 2.60 bits per heavy atom. The lowest BCUT2D eigenvalue weighted by Crippen LogP contribution is -2.26. The van der Waals surface area contributed by atoms with Crippen LogP contribution in [-0.2, 0) is 12.3 Å². The normalized spacial score (nSPS) is 13.2. The molecule has 1 aromatic heterocycles. The molecular formula is C21H21N5O3S. The molecule has 0 saturated heterocycles. The van der Waals surface area contributed by atoms with E-state index in [0.717, 1.165) is 29.1 Å². The first-order chi connectivity index (χ1) is 14.6. The number of rotatable bonds is 8. The summed E-state index contributed by atoms with van der Waals surface area (Å²) in [5.41, 5.74) is 2.45. The van der Waals surface area contributed by atoms with Crippen molar-refractivity contribution in [3.8, 4) is 11.4 Å². The molecule has 9 heteroatoms. The molecular weight excluding hydrogens is 402 g/mol. The van der Waals surface area contributed by atoms with Crippen LogP contribution >= 0.6 is 11.8 Å². The fourth-order valence-corrected chi connectivity index (χ4v) is 4.13. The molecule has 0 aliphatic heterocycles. The molecule has 8 nitrogen and oxygen atoms in total. The predicted molar refractivity (Wildman–Crippen MR) is 114 cm³/mol. The van der Waals surface area contributed by atoms with E-state index in [-0.39, 0.29) is 11.6 Å². The topological polar surface area (TPSA) is 103 Å². The fraction of sp³-hybridized carbons (Fsp3) is 0.286. The summed E-state index contributed by atoms with van der Waals surface area (Å²) < 4.78 is 1.97. The van der Waals surface area contributed by atoms with Crippen LogP contribution < -0.4 is 5.32 Å². The molecule has 0 radical (unpaired) electrons. The van der Waals surface area contributed by atoms with E-state index >= 15 is 0 Å². The number of nitrogens with zero attached hydrogens (tertiary/aromatic N) is 4. The first kappa shape index (κ1) is 20.1. The molecule has 1 fully saturated rings. The number of hydrogen-bond donors (Lipinski definition) is 1. The zero-order chi connectivity index (χ0) is 21.1. The molecule has 1 amide bonds. The van der Waals surface area contributed by atoms with Crippen LogP contribution in [0.15, 0.2) is 53.7 Å². The molecule has 1 aliphatic carbocycles. The first-order valence-electron chi connectivity index (χ1n) is 9.76. The summed E-state index contributed by atoms with van der Waals surface area (Å²) in [6.45, 7) is 2.66. The van der Waals surface area contributed by atoms with Gasteiger partial charge in [-0.05, 0) is 43.5 Å². The number of nitro groups is 1. The van der Waals surface area contributed by atoms with Crippen LogP contribution in [0.4, 0.5) is 5.69 Å². The Hall–Kier alpha value is -3.20. The van der Waals surface area contributed by atoms with Gasteiger partial charge in [-0.1, -0.05) is 30.0 Å². The van der Waals surface area contributed by atoms with Gasteiger partial charge in [-0.15, -0.1) is 10.2 Å². The average molecular weight is 423 g/mol. The third-order valence-electron chi connectivity index (χ3n) is 4.90. The maximum atomic E-state index is 12.5. The summed E-state index contributed by atoms with van der Waals surface area (Å²) in [6.07, 6.45) is 2.10. The smallest absolute Gasteiger partial charge is 0.269 e. The highest BCUT2D eigenvalue weighted by molar-refractivity contribution is 7.98. The molecule has 2 aromatic carbocycles. The Bertz CT molecular complexity index is 1080. The van der Waals surface area contributed by atoms with Crippen molar-refractivity contribution < 1.29 is 9.72 Å². The molecule has 4 rings (SSSR count). The van der Waals surface area contributed by atoms with Crippen molar-refractivity contribution >= 4 is 23.4 Å². The number of thioether (sulfide) groups is 1. The van der Waals surface area contributed by atoms with Gasteiger partial charge in [-0.2, -0.15) is 0 Å². The minimum atomic E-state index is -0.424. The molecule has 1 N–H and O–H groups in total. The number of nitro benzene ring substituents is 1. The van der Waals surface area contributed by atoms with Gasteiger partial charge in [0.2, 0.25) is 0 Å². The maximum absolute atomic E-state index is 12.5. The van der Waals surface area contributed by atoms with Gasteiger partial charge in [0.1, 0.15) is 0 Å². The van der Waals surface area contributed by atoms with E-state index in [2.05, 4.69) is 15.5 Å². The van der Waals surface area contributed by atoms with Crippen molar-refractivity contribution in [2.24, 2.45) is 0 Å². The quantitative estimate of drug-likeness (QED) is 0.333. The maximum Gasteiger partial charge on any atom is 0.269 e. The van der Waals surface area contributed by atoms with Gasteiger partial charge in [0.15, 0.2) is 11.0 Å². The highest BCUT2D eigenvalue weighted by Gasteiger charge is 2.25. The van der Waals surface area contributed by atoms with E-state index in [1.807, 2.05) is 35.8 Å². The van der Waals surface area contributed by atoms with Gasteiger partial charge >= 0.3 is 0 Å². The lowest BCUT2D eigenvalue weighted by Gasteiger charge is -2.10. The first-order valence-corrected chi connectivity index (χ1v) is 10.7. The number of carbonyl (C=O) groups is 1. The fourth-order valence-electron chi connectivity index (χ4n) is 3.13. The molecule has 154 valence electrons.